The Morgan fingerprint density at radius 3 is 2.61 bits per heavy atom. The summed E-state index contributed by atoms with van der Waals surface area (Å²) in [5.41, 5.74) is 1.71. The highest BCUT2D eigenvalue weighted by Gasteiger charge is 2.35. The van der Waals surface area contributed by atoms with Crippen molar-refractivity contribution < 1.29 is 19.1 Å². The molecule has 0 aliphatic carbocycles. The van der Waals surface area contributed by atoms with Crippen LogP contribution in [-0.4, -0.2) is 49.1 Å². The molecule has 2 unspecified atom stereocenters. The van der Waals surface area contributed by atoms with E-state index in [2.05, 4.69) is 5.32 Å². The lowest BCUT2D eigenvalue weighted by atomic mass is 10.1. The highest BCUT2D eigenvalue weighted by Crippen LogP contribution is 2.25. The van der Waals surface area contributed by atoms with Gasteiger partial charge in [0.2, 0.25) is 5.91 Å². The lowest BCUT2D eigenvalue weighted by molar-refractivity contribution is -0.125. The van der Waals surface area contributed by atoms with E-state index in [9.17, 15) is 9.59 Å². The molecule has 0 bridgehead atoms. The third kappa shape index (κ3) is 5.78. The number of hydrogen-bond acceptors (Lipinski definition) is 4. The van der Waals surface area contributed by atoms with E-state index in [-0.39, 0.29) is 17.9 Å². The molecule has 1 N–H and O–H groups in total. The standard InChI is InChI=1S/C25H32N2O4/c1-4-31-23-10-6-5-8-21(23)25(29)27-17-7-9-22(27)24(28)26-18(2)11-12-19-13-15-20(30-3)16-14-19/h5-6,8,10,13-16,18,22H,4,7,9,11-12,17H2,1-3H3,(H,26,28). The summed E-state index contributed by atoms with van der Waals surface area (Å²) in [6.07, 6.45) is 3.19. The minimum Gasteiger partial charge on any atom is -0.497 e. The highest BCUT2D eigenvalue weighted by atomic mass is 16.5. The molecule has 0 radical (unpaired) electrons. The van der Waals surface area contributed by atoms with Gasteiger partial charge in [0.05, 0.1) is 19.3 Å². The number of benzene rings is 2. The molecule has 2 atom stereocenters. The zero-order valence-corrected chi connectivity index (χ0v) is 18.6. The van der Waals surface area contributed by atoms with Gasteiger partial charge >= 0.3 is 0 Å². The molecule has 2 amide bonds. The van der Waals surface area contributed by atoms with Crippen LogP contribution >= 0.6 is 0 Å². The van der Waals surface area contributed by atoms with Gasteiger partial charge in [0, 0.05) is 12.6 Å². The highest BCUT2D eigenvalue weighted by molar-refractivity contribution is 6.00. The van der Waals surface area contributed by atoms with Crippen molar-refractivity contribution in [1.29, 1.82) is 0 Å². The van der Waals surface area contributed by atoms with Crippen LogP contribution < -0.4 is 14.8 Å². The van der Waals surface area contributed by atoms with Gasteiger partial charge in [0.25, 0.3) is 5.91 Å². The molecule has 2 aromatic carbocycles. The Morgan fingerprint density at radius 1 is 1.16 bits per heavy atom. The summed E-state index contributed by atoms with van der Waals surface area (Å²) in [6, 6.07) is 14.8. The summed E-state index contributed by atoms with van der Waals surface area (Å²) in [4.78, 5) is 27.8. The largest absolute Gasteiger partial charge is 0.497 e. The average molecular weight is 425 g/mol. The quantitative estimate of drug-likeness (QED) is 0.664. The number of para-hydroxylation sites is 1. The summed E-state index contributed by atoms with van der Waals surface area (Å²) < 4.78 is 10.8. The first kappa shape index (κ1) is 22.7. The summed E-state index contributed by atoms with van der Waals surface area (Å²) in [5.74, 6) is 1.17. The third-order valence-electron chi connectivity index (χ3n) is 5.65. The van der Waals surface area contributed by atoms with Gasteiger partial charge in [-0.2, -0.15) is 0 Å². The van der Waals surface area contributed by atoms with E-state index in [4.69, 9.17) is 9.47 Å². The van der Waals surface area contributed by atoms with Crippen molar-refractivity contribution in [2.24, 2.45) is 0 Å². The van der Waals surface area contributed by atoms with Crippen LogP contribution in [0.25, 0.3) is 0 Å². The van der Waals surface area contributed by atoms with E-state index in [0.29, 0.717) is 30.9 Å². The number of methoxy groups -OCH3 is 1. The maximum absolute atomic E-state index is 13.2. The first-order valence-electron chi connectivity index (χ1n) is 11.0. The molecule has 1 saturated heterocycles. The maximum Gasteiger partial charge on any atom is 0.258 e. The van der Waals surface area contributed by atoms with Crippen LogP contribution in [0.1, 0.15) is 49.0 Å². The average Bonchev–Trinajstić information content (AvgIpc) is 3.28. The lowest BCUT2D eigenvalue weighted by Crippen LogP contribution is -2.48. The molecular formula is C25H32N2O4. The molecule has 166 valence electrons. The number of amides is 2. The topological polar surface area (TPSA) is 67.9 Å². The molecule has 0 spiro atoms. The Bertz CT molecular complexity index is 881. The molecule has 1 aliphatic rings. The number of ether oxygens (including phenoxy) is 2. The molecule has 2 aromatic rings. The molecule has 3 rings (SSSR count). The fraction of sp³-hybridized carbons (Fsp3) is 0.440. The Kier molecular flexibility index (Phi) is 7.93. The fourth-order valence-corrected chi connectivity index (χ4v) is 3.95. The van der Waals surface area contributed by atoms with Crippen molar-refractivity contribution in [2.75, 3.05) is 20.3 Å². The molecule has 0 aromatic heterocycles. The zero-order chi connectivity index (χ0) is 22.2. The van der Waals surface area contributed by atoms with Crippen molar-refractivity contribution in [3.8, 4) is 11.5 Å². The lowest BCUT2D eigenvalue weighted by Gasteiger charge is -2.26. The smallest absolute Gasteiger partial charge is 0.258 e. The van der Waals surface area contributed by atoms with Crippen LogP contribution in [0.4, 0.5) is 0 Å². The van der Waals surface area contributed by atoms with Crippen LogP contribution in [0.2, 0.25) is 0 Å². The van der Waals surface area contributed by atoms with Gasteiger partial charge in [0.1, 0.15) is 17.5 Å². The summed E-state index contributed by atoms with van der Waals surface area (Å²) in [5, 5.41) is 3.10. The fourth-order valence-electron chi connectivity index (χ4n) is 3.95. The maximum atomic E-state index is 13.2. The van der Waals surface area contributed by atoms with Crippen molar-refractivity contribution in [3.63, 3.8) is 0 Å². The van der Waals surface area contributed by atoms with Gasteiger partial charge in [-0.15, -0.1) is 0 Å². The van der Waals surface area contributed by atoms with Gasteiger partial charge in [-0.3, -0.25) is 9.59 Å². The van der Waals surface area contributed by atoms with E-state index in [1.54, 1.807) is 24.1 Å². The predicted octanol–water partition coefficient (Wildman–Crippen LogP) is 3.84. The van der Waals surface area contributed by atoms with Gasteiger partial charge in [-0.25, -0.2) is 0 Å². The van der Waals surface area contributed by atoms with E-state index in [1.807, 2.05) is 50.2 Å². The van der Waals surface area contributed by atoms with E-state index < -0.39 is 6.04 Å². The molecular weight excluding hydrogens is 392 g/mol. The molecule has 1 fully saturated rings. The Labute approximate surface area is 184 Å². The summed E-state index contributed by atoms with van der Waals surface area (Å²) >= 11 is 0. The van der Waals surface area contributed by atoms with Gasteiger partial charge in [0.15, 0.2) is 0 Å². The Hall–Kier alpha value is -3.02. The molecule has 1 heterocycles. The molecule has 6 nitrogen and oxygen atoms in total. The number of hydrogen-bond donors (Lipinski definition) is 1. The number of likely N-dealkylation sites (tertiary alicyclic amines) is 1. The number of carbonyl (C=O) groups is 2. The van der Waals surface area contributed by atoms with Crippen molar-refractivity contribution in [2.45, 2.75) is 51.6 Å². The van der Waals surface area contributed by atoms with Gasteiger partial charge in [-0.1, -0.05) is 24.3 Å². The first-order valence-corrected chi connectivity index (χ1v) is 11.0. The van der Waals surface area contributed by atoms with Crippen LogP contribution in [0.15, 0.2) is 48.5 Å². The van der Waals surface area contributed by atoms with E-state index in [0.717, 1.165) is 25.0 Å². The Balaban J connectivity index is 1.58. The number of carbonyl (C=O) groups excluding carboxylic acids is 2. The number of nitrogens with one attached hydrogen (secondary N) is 1. The zero-order valence-electron chi connectivity index (χ0n) is 18.6. The Morgan fingerprint density at radius 2 is 1.90 bits per heavy atom. The number of aryl methyl sites for hydroxylation is 1. The van der Waals surface area contributed by atoms with E-state index >= 15 is 0 Å². The normalized spacial score (nSPS) is 16.6. The van der Waals surface area contributed by atoms with Crippen molar-refractivity contribution in [3.05, 3.63) is 59.7 Å². The van der Waals surface area contributed by atoms with E-state index in [1.165, 1.54) is 5.56 Å². The second-order valence-electron chi connectivity index (χ2n) is 7.88. The SMILES string of the molecule is CCOc1ccccc1C(=O)N1CCCC1C(=O)NC(C)CCc1ccc(OC)cc1. The van der Waals surface area contributed by atoms with Gasteiger partial charge < -0.3 is 19.7 Å². The first-order chi connectivity index (χ1) is 15.0. The van der Waals surface area contributed by atoms with Crippen LogP contribution in [-0.2, 0) is 11.2 Å². The predicted molar refractivity (Wildman–Crippen MR) is 121 cm³/mol. The second kappa shape index (κ2) is 10.8. The van der Waals surface area contributed by atoms with Crippen LogP contribution in [0.3, 0.4) is 0 Å². The molecule has 1 aliphatic heterocycles. The van der Waals surface area contributed by atoms with Crippen molar-refractivity contribution >= 4 is 11.8 Å². The molecule has 6 heteroatoms. The van der Waals surface area contributed by atoms with Gasteiger partial charge in [-0.05, 0) is 69.4 Å². The summed E-state index contributed by atoms with van der Waals surface area (Å²) in [6.45, 7) is 4.96. The molecule has 31 heavy (non-hydrogen) atoms. The minimum absolute atomic E-state index is 0.0165. The molecule has 0 saturated carbocycles. The van der Waals surface area contributed by atoms with Crippen molar-refractivity contribution in [1.82, 2.24) is 10.2 Å². The number of rotatable bonds is 9. The third-order valence-corrected chi connectivity index (χ3v) is 5.65. The summed E-state index contributed by atoms with van der Waals surface area (Å²) in [7, 11) is 1.65. The number of nitrogens with zero attached hydrogens (tertiary/aromatic N) is 1. The minimum atomic E-state index is -0.439. The van der Waals surface area contributed by atoms with Crippen LogP contribution in [0.5, 0.6) is 11.5 Å². The monoisotopic (exact) mass is 424 g/mol. The van der Waals surface area contributed by atoms with Crippen LogP contribution in [0, 0.1) is 0 Å². The second-order valence-corrected chi connectivity index (χ2v) is 7.88.